The lowest BCUT2D eigenvalue weighted by Crippen LogP contribution is -2.50. The second-order valence-electron chi connectivity index (χ2n) is 5.06. The largest absolute Gasteiger partial charge is 0.324 e. The fraction of sp³-hybridized carbons (Fsp3) is 0.818. The van der Waals surface area contributed by atoms with Crippen LogP contribution in [0.2, 0.25) is 0 Å². The van der Waals surface area contributed by atoms with Crippen LogP contribution in [-0.2, 0) is 4.79 Å². The first-order valence-corrected chi connectivity index (χ1v) is 5.72. The Balaban J connectivity index is 4.46. The van der Waals surface area contributed by atoms with Gasteiger partial charge in [0.1, 0.15) is 5.38 Å². The van der Waals surface area contributed by atoms with E-state index in [1.807, 2.05) is 27.7 Å². The zero-order valence-electron chi connectivity index (χ0n) is 10.8. The van der Waals surface area contributed by atoms with Crippen molar-refractivity contribution < 1.29 is 9.59 Å². The highest BCUT2D eigenvalue weighted by atomic mass is 35.5. The molecule has 5 heteroatoms. The molecule has 4 nitrogen and oxygen atoms in total. The van der Waals surface area contributed by atoms with Crippen molar-refractivity contribution in [2.45, 2.75) is 46.0 Å². The topological polar surface area (TPSA) is 49.4 Å². The van der Waals surface area contributed by atoms with E-state index in [9.17, 15) is 9.59 Å². The molecule has 0 heterocycles. The zero-order chi connectivity index (χ0) is 13.1. The first-order valence-electron chi connectivity index (χ1n) is 5.29. The van der Waals surface area contributed by atoms with Gasteiger partial charge in [-0.05, 0) is 19.3 Å². The fourth-order valence-electron chi connectivity index (χ4n) is 1.05. The van der Waals surface area contributed by atoms with E-state index in [1.54, 1.807) is 7.05 Å². The summed E-state index contributed by atoms with van der Waals surface area (Å²) < 4.78 is 0. The number of rotatable bonds is 2. The molecule has 94 valence electrons. The second kappa shape index (κ2) is 5.53. The summed E-state index contributed by atoms with van der Waals surface area (Å²) >= 11 is 5.56. The van der Waals surface area contributed by atoms with E-state index < -0.39 is 17.3 Å². The Kier molecular flexibility index (Phi) is 5.26. The van der Waals surface area contributed by atoms with Crippen molar-refractivity contribution in [2.75, 3.05) is 7.05 Å². The van der Waals surface area contributed by atoms with Crippen LogP contribution >= 0.6 is 11.6 Å². The number of nitrogens with zero attached hydrogens (tertiary/aromatic N) is 1. The van der Waals surface area contributed by atoms with Crippen LogP contribution in [0.25, 0.3) is 0 Å². The molecule has 0 bridgehead atoms. The van der Waals surface area contributed by atoms with Crippen molar-refractivity contribution in [2.24, 2.45) is 5.41 Å². The molecular formula is C11H21ClN2O2. The summed E-state index contributed by atoms with van der Waals surface area (Å²) in [5.74, 6) is -0.473. The number of carbonyl (C=O) groups is 2. The number of carbonyl (C=O) groups excluding carboxylic acids is 2. The van der Waals surface area contributed by atoms with Gasteiger partial charge >= 0.3 is 6.03 Å². The van der Waals surface area contributed by atoms with Crippen molar-refractivity contribution in [1.29, 1.82) is 0 Å². The van der Waals surface area contributed by atoms with Gasteiger partial charge in [0.25, 0.3) is 0 Å². The molecule has 0 radical (unpaired) electrons. The average molecular weight is 249 g/mol. The van der Waals surface area contributed by atoms with Crippen LogP contribution in [0.4, 0.5) is 4.79 Å². The number of halogens is 1. The van der Waals surface area contributed by atoms with Crippen LogP contribution in [0.3, 0.4) is 0 Å². The lowest BCUT2D eigenvalue weighted by Gasteiger charge is -2.35. The third-order valence-corrected chi connectivity index (χ3v) is 2.94. The minimum absolute atomic E-state index is 0.0194. The molecule has 0 fully saturated rings. The third-order valence-electron chi connectivity index (χ3n) is 2.75. The van der Waals surface area contributed by atoms with Crippen LogP contribution in [0.15, 0.2) is 0 Å². The Hall–Kier alpha value is -0.770. The summed E-state index contributed by atoms with van der Waals surface area (Å²) in [5.41, 5.74) is -0.0400. The van der Waals surface area contributed by atoms with Gasteiger partial charge in [-0.1, -0.05) is 20.8 Å². The highest BCUT2D eigenvalue weighted by Crippen LogP contribution is 2.22. The Morgan fingerprint density at radius 3 is 2.00 bits per heavy atom. The molecule has 0 spiro atoms. The van der Waals surface area contributed by atoms with E-state index in [0.29, 0.717) is 0 Å². The SMILES string of the molecule is CC(Cl)C(=O)NC(=O)N(C)C(C)C(C)(C)C. The molecule has 16 heavy (non-hydrogen) atoms. The fourth-order valence-corrected chi connectivity index (χ4v) is 1.10. The minimum Gasteiger partial charge on any atom is -0.324 e. The number of imide groups is 1. The predicted octanol–water partition coefficient (Wildman–Crippen LogP) is 2.22. The van der Waals surface area contributed by atoms with Gasteiger partial charge in [0.2, 0.25) is 5.91 Å². The maximum absolute atomic E-state index is 11.7. The minimum atomic E-state index is -0.706. The number of hydrogen-bond acceptors (Lipinski definition) is 2. The Bertz CT molecular complexity index is 272. The number of nitrogens with one attached hydrogen (secondary N) is 1. The first-order chi connectivity index (χ1) is 7.07. The first kappa shape index (κ1) is 15.2. The number of urea groups is 1. The van der Waals surface area contributed by atoms with Crippen LogP contribution in [0.1, 0.15) is 34.6 Å². The van der Waals surface area contributed by atoms with E-state index in [2.05, 4.69) is 5.32 Å². The molecule has 1 N–H and O–H groups in total. The average Bonchev–Trinajstić information content (AvgIpc) is 2.13. The summed E-state index contributed by atoms with van der Waals surface area (Å²) in [6, 6.07) is -0.397. The Morgan fingerprint density at radius 1 is 1.25 bits per heavy atom. The number of alkyl halides is 1. The normalized spacial score (nSPS) is 15.2. The highest BCUT2D eigenvalue weighted by Gasteiger charge is 2.28. The number of amides is 3. The zero-order valence-corrected chi connectivity index (χ0v) is 11.6. The van der Waals surface area contributed by atoms with Gasteiger partial charge in [-0.3, -0.25) is 10.1 Å². The van der Waals surface area contributed by atoms with E-state index in [-0.39, 0.29) is 11.5 Å². The third kappa shape index (κ3) is 4.39. The highest BCUT2D eigenvalue weighted by molar-refractivity contribution is 6.31. The Labute approximate surface area is 102 Å². The molecule has 0 aliphatic heterocycles. The standard InChI is InChI=1S/C11H21ClN2O2/c1-7(12)9(15)13-10(16)14(6)8(2)11(3,4)5/h7-8H,1-6H3,(H,13,15,16). The maximum atomic E-state index is 11.7. The molecule has 0 saturated carbocycles. The quantitative estimate of drug-likeness (QED) is 0.762. The molecule has 0 aliphatic carbocycles. The summed E-state index contributed by atoms with van der Waals surface area (Å²) in [4.78, 5) is 24.4. The van der Waals surface area contributed by atoms with Crippen LogP contribution < -0.4 is 5.32 Å². The van der Waals surface area contributed by atoms with Gasteiger partial charge in [0.15, 0.2) is 0 Å². The molecule has 2 atom stereocenters. The maximum Gasteiger partial charge on any atom is 0.324 e. The van der Waals surface area contributed by atoms with Crippen molar-refractivity contribution in [3.63, 3.8) is 0 Å². The number of hydrogen-bond donors (Lipinski definition) is 1. The second-order valence-corrected chi connectivity index (χ2v) is 5.72. The molecule has 3 amide bonds. The van der Waals surface area contributed by atoms with Crippen molar-refractivity contribution in [3.8, 4) is 0 Å². The van der Waals surface area contributed by atoms with Gasteiger partial charge in [0, 0.05) is 13.1 Å². The van der Waals surface area contributed by atoms with Gasteiger partial charge in [-0.15, -0.1) is 11.6 Å². The lowest BCUT2D eigenvalue weighted by atomic mass is 9.87. The van der Waals surface area contributed by atoms with Gasteiger partial charge in [0.05, 0.1) is 0 Å². The van der Waals surface area contributed by atoms with Crippen molar-refractivity contribution in [3.05, 3.63) is 0 Å². The molecule has 0 aromatic heterocycles. The smallest absolute Gasteiger partial charge is 0.324 e. The van der Waals surface area contributed by atoms with E-state index in [1.165, 1.54) is 11.8 Å². The molecule has 0 saturated heterocycles. The molecule has 2 unspecified atom stereocenters. The van der Waals surface area contributed by atoms with Gasteiger partial charge in [-0.25, -0.2) is 4.79 Å². The molecule has 0 aromatic carbocycles. The summed E-state index contributed by atoms with van der Waals surface area (Å²) in [5, 5.41) is 1.54. The van der Waals surface area contributed by atoms with Gasteiger partial charge in [-0.2, -0.15) is 0 Å². The molecular weight excluding hydrogens is 228 g/mol. The predicted molar refractivity (Wildman–Crippen MR) is 65.5 cm³/mol. The van der Waals surface area contributed by atoms with Gasteiger partial charge < -0.3 is 4.90 Å². The molecule has 0 rings (SSSR count). The van der Waals surface area contributed by atoms with E-state index >= 15 is 0 Å². The Morgan fingerprint density at radius 2 is 1.69 bits per heavy atom. The van der Waals surface area contributed by atoms with Crippen LogP contribution in [-0.4, -0.2) is 35.3 Å². The molecule has 0 aromatic rings. The van der Waals surface area contributed by atoms with Crippen LogP contribution in [0, 0.1) is 5.41 Å². The van der Waals surface area contributed by atoms with E-state index in [0.717, 1.165) is 0 Å². The summed E-state index contributed by atoms with van der Waals surface area (Å²) in [7, 11) is 1.66. The monoisotopic (exact) mass is 248 g/mol. The molecule has 0 aliphatic rings. The van der Waals surface area contributed by atoms with Crippen LogP contribution in [0.5, 0.6) is 0 Å². The van der Waals surface area contributed by atoms with Crippen molar-refractivity contribution in [1.82, 2.24) is 10.2 Å². The summed E-state index contributed by atoms with van der Waals surface area (Å²) in [6.07, 6.45) is 0. The summed E-state index contributed by atoms with van der Waals surface area (Å²) in [6.45, 7) is 9.57. The van der Waals surface area contributed by atoms with E-state index in [4.69, 9.17) is 11.6 Å². The lowest BCUT2D eigenvalue weighted by molar-refractivity contribution is -0.119. The van der Waals surface area contributed by atoms with Crippen molar-refractivity contribution >= 4 is 23.5 Å².